The van der Waals surface area contributed by atoms with Crippen molar-refractivity contribution in [2.45, 2.75) is 33.1 Å². The van der Waals surface area contributed by atoms with Crippen molar-refractivity contribution in [2.24, 2.45) is 0 Å². The van der Waals surface area contributed by atoms with Crippen molar-refractivity contribution in [1.29, 1.82) is 0 Å². The standard InChI is InChI=1S/C12H16F/c1-3-4-5-6-11-7-8-12(13)9-10(11)2/h5,7-9H,3-4,6H2,1-2H3. The van der Waals surface area contributed by atoms with Crippen LogP contribution in [0.25, 0.3) is 0 Å². The third kappa shape index (κ3) is 3.17. The van der Waals surface area contributed by atoms with E-state index in [-0.39, 0.29) is 5.82 Å². The van der Waals surface area contributed by atoms with E-state index in [2.05, 4.69) is 13.3 Å². The molecule has 0 saturated heterocycles. The molecule has 0 aliphatic rings. The molecule has 0 fully saturated rings. The van der Waals surface area contributed by atoms with Crippen LogP contribution in [0, 0.1) is 19.2 Å². The number of unbranched alkanes of at least 4 members (excludes halogenated alkanes) is 2. The normalized spacial score (nSPS) is 10.4. The number of hydrogen-bond acceptors (Lipinski definition) is 0. The molecule has 0 bridgehead atoms. The Kier molecular flexibility index (Phi) is 3.94. The Balaban J connectivity index is 2.56. The summed E-state index contributed by atoms with van der Waals surface area (Å²) in [6.45, 7) is 4.12. The maximum Gasteiger partial charge on any atom is 0.123 e. The predicted molar refractivity (Wildman–Crippen MR) is 54.0 cm³/mol. The van der Waals surface area contributed by atoms with Gasteiger partial charge in [0.05, 0.1) is 0 Å². The van der Waals surface area contributed by atoms with Gasteiger partial charge in [-0.3, -0.25) is 0 Å². The van der Waals surface area contributed by atoms with Gasteiger partial charge >= 0.3 is 0 Å². The quantitative estimate of drug-likeness (QED) is 0.618. The van der Waals surface area contributed by atoms with Crippen LogP contribution in [0.5, 0.6) is 0 Å². The van der Waals surface area contributed by atoms with Crippen molar-refractivity contribution in [1.82, 2.24) is 0 Å². The summed E-state index contributed by atoms with van der Waals surface area (Å²) < 4.78 is 12.7. The fraction of sp³-hybridized carbons (Fsp3) is 0.417. The number of halogens is 1. The second-order valence-electron chi connectivity index (χ2n) is 3.35. The highest BCUT2D eigenvalue weighted by molar-refractivity contribution is 5.27. The van der Waals surface area contributed by atoms with Gasteiger partial charge in [0, 0.05) is 0 Å². The molecule has 1 aromatic carbocycles. The van der Waals surface area contributed by atoms with Gasteiger partial charge in [-0.15, -0.1) is 0 Å². The minimum absolute atomic E-state index is 0.142. The molecule has 1 heteroatoms. The molecular formula is C12H16F. The summed E-state index contributed by atoms with van der Waals surface area (Å²) in [7, 11) is 0. The van der Waals surface area contributed by atoms with Gasteiger partial charge in [-0.1, -0.05) is 25.8 Å². The SMILES string of the molecule is CCC[CH]Cc1ccc(F)cc1C. The topological polar surface area (TPSA) is 0 Å². The maximum atomic E-state index is 12.7. The van der Waals surface area contributed by atoms with E-state index in [9.17, 15) is 4.39 Å². The Morgan fingerprint density at radius 3 is 2.77 bits per heavy atom. The van der Waals surface area contributed by atoms with Gasteiger partial charge in [0.15, 0.2) is 0 Å². The summed E-state index contributed by atoms with van der Waals surface area (Å²) >= 11 is 0. The van der Waals surface area contributed by atoms with E-state index in [1.807, 2.05) is 13.0 Å². The third-order valence-corrected chi connectivity index (χ3v) is 2.16. The predicted octanol–water partition coefficient (Wildman–Crippen LogP) is 3.68. The molecular weight excluding hydrogens is 163 g/mol. The lowest BCUT2D eigenvalue weighted by Gasteiger charge is -2.04. The zero-order valence-electron chi connectivity index (χ0n) is 8.31. The van der Waals surface area contributed by atoms with E-state index in [1.165, 1.54) is 18.1 Å². The zero-order chi connectivity index (χ0) is 9.68. The Morgan fingerprint density at radius 1 is 1.38 bits per heavy atom. The van der Waals surface area contributed by atoms with Gasteiger partial charge in [-0.05, 0) is 43.0 Å². The second kappa shape index (κ2) is 5.00. The Hall–Kier alpha value is -0.850. The molecule has 0 aromatic heterocycles. The van der Waals surface area contributed by atoms with Crippen LogP contribution in [0.1, 0.15) is 30.9 Å². The van der Waals surface area contributed by atoms with Gasteiger partial charge in [0.2, 0.25) is 0 Å². The Bertz CT molecular complexity index is 266. The van der Waals surface area contributed by atoms with Crippen molar-refractivity contribution in [3.05, 3.63) is 41.6 Å². The molecule has 0 atom stereocenters. The molecule has 1 aromatic rings. The molecule has 71 valence electrons. The van der Waals surface area contributed by atoms with E-state index >= 15 is 0 Å². The van der Waals surface area contributed by atoms with Crippen LogP contribution in [0.3, 0.4) is 0 Å². The fourth-order valence-corrected chi connectivity index (χ4v) is 1.35. The van der Waals surface area contributed by atoms with Crippen LogP contribution >= 0.6 is 0 Å². The van der Waals surface area contributed by atoms with E-state index in [0.29, 0.717) is 0 Å². The Labute approximate surface area is 79.8 Å². The molecule has 0 N–H and O–H groups in total. The first-order chi connectivity index (χ1) is 6.24. The third-order valence-electron chi connectivity index (χ3n) is 2.16. The second-order valence-corrected chi connectivity index (χ2v) is 3.35. The average molecular weight is 179 g/mol. The van der Waals surface area contributed by atoms with Gasteiger partial charge in [0.25, 0.3) is 0 Å². The zero-order valence-corrected chi connectivity index (χ0v) is 8.31. The minimum atomic E-state index is -0.142. The highest BCUT2D eigenvalue weighted by atomic mass is 19.1. The number of aryl methyl sites for hydroxylation is 1. The van der Waals surface area contributed by atoms with Crippen LogP contribution in [0.4, 0.5) is 4.39 Å². The first-order valence-electron chi connectivity index (χ1n) is 4.80. The lowest BCUT2D eigenvalue weighted by molar-refractivity contribution is 0.625. The number of hydrogen-bond donors (Lipinski definition) is 0. The van der Waals surface area contributed by atoms with Crippen molar-refractivity contribution >= 4 is 0 Å². The minimum Gasteiger partial charge on any atom is -0.207 e. The summed E-state index contributed by atoms with van der Waals surface area (Å²) in [6, 6.07) is 4.99. The van der Waals surface area contributed by atoms with Crippen LogP contribution in [-0.2, 0) is 6.42 Å². The number of rotatable bonds is 4. The van der Waals surface area contributed by atoms with Crippen LogP contribution in [0.2, 0.25) is 0 Å². The van der Waals surface area contributed by atoms with E-state index in [0.717, 1.165) is 18.4 Å². The lowest BCUT2D eigenvalue weighted by Crippen LogP contribution is -1.91. The largest absolute Gasteiger partial charge is 0.207 e. The van der Waals surface area contributed by atoms with Crippen molar-refractivity contribution in [3.8, 4) is 0 Å². The first-order valence-corrected chi connectivity index (χ1v) is 4.80. The van der Waals surface area contributed by atoms with Crippen molar-refractivity contribution in [3.63, 3.8) is 0 Å². The molecule has 0 spiro atoms. The number of benzene rings is 1. The molecule has 13 heavy (non-hydrogen) atoms. The molecule has 0 heterocycles. The maximum absolute atomic E-state index is 12.7. The van der Waals surface area contributed by atoms with Crippen LogP contribution in [0.15, 0.2) is 18.2 Å². The van der Waals surface area contributed by atoms with Gasteiger partial charge in [-0.25, -0.2) is 4.39 Å². The summed E-state index contributed by atoms with van der Waals surface area (Å²) in [5.74, 6) is -0.142. The molecule has 0 unspecified atom stereocenters. The lowest BCUT2D eigenvalue weighted by atomic mass is 10.0. The summed E-state index contributed by atoms with van der Waals surface area (Å²) in [6.07, 6.45) is 5.53. The summed E-state index contributed by atoms with van der Waals surface area (Å²) in [5, 5.41) is 0. The van der Waals surface area contributed by atoms with Gasteiger partial charge < -0.3 is 0 Å². The molecule has 0 nitrogen and oxygen atoms in total. The molecule has 0 amide bonds. The van der Waals surface area contributed by atoms with E-state index in [1.54, 1.807) is 6.07 Å². The monoisotopic (exact) mass is 179 g/mol. The fourth-order valence-electron chi connectivity index (χ4n) is 1.35. The highest BCUT2D eigenvalue weighted by Crippen LogP contribution is 2.12. The van der Waals surface area contributed by atoms with E-state index < -0.39 is 0 Å². The molecule has 0 saturated carbocycles. The highest BCUT2D eigenvalue weighted by Gasteiger charge is 1.99. The van der Waals surface area contributed by atoms with Crippen molar-refractivity contribution < 1.29 is 4.39 Å². The first kappa shape index (κ1) is 10.2. The average Bonchev–Trinajstić information content (AvgIpc) is 2.09. The smallest absolute Gasteiger partial charge is 0.123 e. The van der Waals surface area contributed by atoms with Gasteiger partial charge in [0.1, 0.15) is 5.82 Å². The summed E-state index contributed by atoms with van der Waals surface area (Å²) in [4.78, 5) is 0. The molecule has 1 rings (SSSR count). The van der Waals surface area contributed by atoms with Crippen LogP contribution in [-0.4, -0.2) is 0 Å². The summed E-state index contributed by atoms with van der Waals surface area (Å²) in [5.41, 5.74) is 2.28. The molecule has 0 aliphatic heterocycles. The van der Waals surface area contributed by atoms with E-state index in [4.69, 9.17) is 0 Å². The van der Waals surface area contributed by atoms with Gasteiger partial charge in [-0.2, -0.15) is 0 Å². The van der Waals surface area contributed by atoms with Crippen LogP contribution < -0.4 is 0 Å². The van der Waals surface area contributed by atoms with Crippen molar-refractivity contribution in [2.75, 3.05) is 0 Å². The molecule has 0 aliphatic carbocycles. The Morgan fingerprint density at radius 2 is 2.15 bits per heavy atom. The molecule has 1 radical (unpaired) electrons.